The lowest BCUT2D eigenvalue weighted by Gasteiger charge is -2.11. The minimum atomic E-state index is -0.327. The first kappa shape index (κ1) is 21.4. The number of nitrogens with zero attached hydrogens (tertiary/aromatic N) is 1. The van der Waals surface area contributed by atoms with E-state index in [1.54, 1.807) is 29.6 Å². The van der Waals surface area contributed by atoms with Crippen LogP contribution in [0, 0.1) is 0 Å². The first-order chi connectivity index (χ1) is 14.5. The highest BCUT2D eigenvalue weighted by atomic mass is 32.1. The van der Waals surface area contributed by atoms with Crippen LogP contribution >= 0.6 is 11.3 Å². The number of thiazole rings is 1. The summed E-state index contributed by atoms with van der Waals surface area (Å²) in [6.45, 7) is 4.19. The largest absolute Gasteiger partial charge is 0.490 e. The lowest BCUT2D eigenvalue weighted by molar-refractivity contribution is -0.119. The molecule has 0 unspecified atom stereocenters. The fraction of sp³-hybridized carbons (Fsp3) is 0.286. The molecule has 0 aliphatic carbocycles. The van der Waals surface area contributed by atoms with Gasteiger partial charge in [0.05, 0.1) is 13.2 Å². The van der Waals surface area contributed by atoms with E-state index < -0.39 is 0 Å². The predicted octanol–water partition coefficient (Wildman–Crippen LogP) is 3.85. The maximum Gasteiger partial charge on any atom is 0.264 e. The van der Waals surface area contributed by atoms with E-state index in [1.807, 2.05) is 19.1 Å². The van der Waals surface area contributed by atoms with Crippen LogP contribution in [0.1, 0.15) is 26.0 Å². The van der Waals surface area contributed by atoms with Gasteiger partial charge in [-0.25, -0.2) is 4.98 Å². The van der Waals surface area contributed by atoms with Crippen molar-refractivity contribution in [2.24, 2.45) is 0 Å². The Morgan fingerprint density at radius 2 is 1.90 bits per heavy atom. The van der Waals surface area contributed by atoms with Crippen molar-refractivity contribution in [2.75, 3.05) is 18.5 Å². The standard InChI is InChI=1S/C21H23N3O5S/c1-3-10-27-18-6-4-5-7-19(18)28-12-20(26)24-21-23-16(13-30-21)17-9-8-15(29-17)11-22-14(2)25/h4-9,13H,3,10-12H2,1-2H3,(H,22,25)(H,23,24,26). The van der Waals surface area contributed by atoms with Crippen LogP contribution in [0.3, 0.4) is 0 Å². The van der Waals surface area contributed by atoms with Gasteiger partial charge in [-0.15, -0.1) is 11.3 Å². The quantitative estimate of drug-likeness (QED) is 0.508. The zero-order chi connectivity index (χ0) is 21.3. The highest BCUT2D eigenvalue weighted by Gasteiger charge is 2.13. The molecule has 0 bridgehead atoms. The molecule has 3 rings (SSSR count). The minimum Gasteiger partial charge on any atom is -0.490 e. The minimum absolute atomic E-state index is 0.131. The van der Waals surface area contributed by atoms with E-state index in [4.69, 9.17) is 13.9 Å². The van der Waals surface area contributed by atoms with E-state index in [0.717, 1.165) is 6.42 Å². The van der Waals surface area contributed by atoms with Gasteiger partial charge in [-0.05, 0) is 30.7 Å². The number of carbonyl (C=O) groups excluding carboxylic acids is 2. The molecule has 158 valence electrons. The molecule has 9 heteroatoms. The predicted molar refractivity (Wildman–Crippen MR) is 114 cm³/mol. The molecule has 0 fully saturated rings. The van der Waals surface area contributed by atoms with Crippen LogP contribution in [0.25, 0.3) is 11.5 Å². The van der Waals surface area contributed by atoms with Crippen molar-refractivity contribution in [3.05, 3.63) is 47.5 Å². The zero-order valence-corrected chi connectivity index (χ0v) is 17.6. The lowest BCUT2D eigenvalue weighted by atomic mass is 10.3. The van der Waals surface area contributed by atoms with Gasteiger partial charge < -0.3 is 19.2 Å². The summed E-state index contributed by atoms with van der Waals surface area (Å²) in [7, 11) is 0. The molecule has 0 saturated carbocycles. The van der Waals surface area contributed by atoms with Crippen molar-refractivity contribution in [2.45, 2.75) is 26.8 Å². The number of hydrogen-bond acceptors (Lipinski definition) is 7. The molecule has 2 heterocycles. The third kappa shape index (κ3) is 6.08. The molecule has 1 aromatic carbocycles. The number of nitrogens with one attached hydrogen (secondary N) is 2. The molecule has 0 saturated heterocycles. The summed E-state index contributed by atoms with van der Waals surface area (Å²) in [5.74, 6) is 1.85. The monoisotopic (exact) mass is 429 g/mol. The van der Waals surface area contributed by atoms with Gasteiger partial charge in [0.25, 0.3) is 5.91 Å². The summed E-state index contributed by atoms with van der Waals surface area (Å²) in [5.41, 5.74) is 0.601. The number of amides is 2. The molecule has 0 radical (unpaired) electrons. The number of hydrogen-bond donors (Lipinski definition) is 2. The number of furan rings is 1. The molecule has 0 aliphatic heterocycles. The Bertz CT molecular complexity index is 998. The molecule has 2 aromatic heterocycles. The van der Waals surface area contributed by atoms with Crippen LogP contribution in [0.4, 0.5) is 5.13 Å². The molecule has 0 spiro atoms. The molecular weight excluding hydrogens is 406 g/mol. The van der Waals surface area contributed by atoms with Crippen molar-refractivity contribution in [3.8, 4) is 23.0 Å². The number of benzene rings is 1. The third-order valence-electron chi connectivity index (χ3n) is 3.85. The number of carbonyl (C=O) groups is 2. The summed E-state index contributed by atoms with van der Waals surface area (Å²) in [5, 5.41) is 7.61. The average molecular weight is 429 g/mol. The van der Waals surface area contributed by atoms with Gasteiger partial charge in [0.2, 0.25) is 5.91 Å². The zero-order valence-electron chi connectivity index (χ0n) is 16.8. The Balaban J connectivity index is 1.54. The molecule has 30 heavy (non-hydrogen) atoms. The fourth-order valence-electron chi connectivity index (χ4n) is 2.47. The molecule has 3 aromatic rings. The van der Waals surface area contributed by atoms with Crippen LogP contribution in [-0.2, 0) is 16.1 Å². The molecule has 8 nitrogen and oxygen atoms in total. The Labute approximate surface area is 178 Å². The molecule has 2 N–H and O–H groups in total. The Kier molecular flexibility index (Phi) is 7.45. The van der Waals surface area contributed by atoms with Crippen molar-refractivity contribution in [1.29, 1.82) is 0 Å². The highest BCUT2D eigenvalue weighted by Crippen LogP contribution is 2.28. The van der Waals surface area contributed by atoms with E-state index in [-0.39, 0.29) is 18.4 Å². The smallest absolute Gasteiger partial charge is 0.264 e. The second-order valence-electron chi connectivity index (χ2n) is 6.35. The van der Waals surface area contributed by atoms with Gasteiger partial charge in [0.1, 0.15) is 11.5 Å². The van der Waals surface area contributed by atoms with Gasteiger partial charge >= 0.3 is 0 Å². The summed E-state index contributed by atoms with van der Waals surface area (Å²) in [4.78, 5) is 27.6. The highest BCUT2D eigenvalue weighted by molar-refractivity contribution is 7.14. The van der Waals surface area contributed by atoms with Crippen molar-refractivity contribution in [3.63, 3.8) is 0 Å². The molecule has 0 atom stereocenters. The summed E-state index contributed by atoms with van der Waals surface area (Å²) < 4.78 is 16.9. The summed E-state index contributed by atoms with van der Waals surface area (Å²) in [6, 6.07) is 10.8. The average Bonchev–Trinajstić information content (AvgIpc) is 3.39. The first-order valence-electron chi connectivity index (χ1n) is 9.48. The van der Waals surface area contributed by atoms with Crippen molar-refractivity contribution >= 4 is 28.3 Å². The molecule has 0 aliphatic rings. The Morgan fingerprint density at radius 3 is 2.63 bits per heavy atom. The number of rotatable bonds is 10. The first-order valence-corrected chi connectivity index (χ1v) is 10.4. The second-order valence-corrected chi connectivity index (χ2v) is 7.20. The van der Waals surface area contributed by atoms with Crippen LogP contribution in [0.5, 0.6) is 11.5 Å². The van der Waals surface area contributed by atoms with Gasteiger partial charge in [-0.1, -0.05) is 19.1 Å². The van der Waals surface area contributed by atoms with Crippen molar-refractivity contribution < 1.29 is 23.5 Å². The number of para-hydroxylation sites is 2. The van der Waals surface area contributed by atoms with E-state index in [9.17, 15) is 9.59 Å². The normalized spacial score (nSPS) is 10.5. The van der Waals surface area contributed by atoms with E-state index in [0.29, 0.717) is 47.0 Å². The van der Waals surface area contributed by atoms with Gasteiger partial charge in [0, 0.05) is 12.3 Å². The summed E-state index contributed by atoms with van der Waals surface area (Å²) >= 11 is 1.28. The molecule has 2 amide bonds. The van der Waals surface area contributed by atoms with Crippen LogP contribution in [0.15, 0.2) is 46.2 Å². The van der Waals surface area contributed by atoms with Gasteiger partial charge in [0.15, 0.2) is 29.0 Å². The van der Waals surface area contributed by atoms with E-state index in [1.165, 1.54) is 18.3 Å². The number of aromatic nitrogens is 1. The topological polar surface area (TPSA) is 103 Å². The Morgan fingerprint density at radius 1 is 1.13 bits per heavy atom. The number of ether oxygens (including phenoxy) is 2. The maximum absolute atomic E-state index is 12.2. The molecular formula is C21H23N3O5S. The third-order valence-corrected chi connectivity index (χ3v) is 4.60. The fourth-order valence-corrected chi connectivity index (χ4v) is 3.18. The van der Waals surface area contributed by atoms with Crippen LogP contribution in [-0.4, -0.2) is 30.0 Å². The SMILES string of the molecule is CCCOc1ccccc1OCC(=O)Nc1nc(-c2ccc(CNC(C)=O)o2)cs1. The Hall–Kier alpha value is -3.33. The van der Waals surface area contributed by atoms with Gasteiger partial charge in [-0.3, -0.25) is 14.9 Å². The maximum atomic E-state index is 12.2. The van der Waals surface area contributed by atoms with Crippen molar-refractivity contribution in [1.82, 2.24) is 10.3 Å². The summed E-state index contributed by atoms with van der Waals surface area (Å²) in [6.07, 6.45) is 0.881. The van der Waals surface area contributed by atoms with E-state index >= 15 is 0 Å². The van der Waals surface area contributed by atoms with Gasteiger partial charge in [-0.2, -0.15) is 0 Å². The number of anilines is 1. The van der Waals surface area contributed by atoms with Crippen LogP contribution in [0.2, 0.25) is 0 Å². The lowest BCUT2D eigenvalue weighted by Crippen LogP contribution is -2.20. The second kappa shape index (κ2) is 10.4. The van der Waals surface area contributed by atoms with E-state index in [2.05, 4.69) is 15.6 Å². The van der Waals surface area contributed by atoms with Crippen LogP contribution < -0.4 is 20.1 Å².